The Hall–Kier alpha value is -3.77. The Morgan fingerprint density at radius 2 is 1.57 bits per heavy atom. The van der Waals surface area contributed by atoms with Crippen LogP contribution >= 0.6 is 11.6 Å². The van der Waals surface area contributed by atoms with Gasteiger partial charge in [-0.2, -0.15) is 5.10 Å². The predicted molar refractivity (Wildman–Crippen MR) is 115 cm³/mol. The van der Waals surface area contributed by atoms with Crippen LogP contribution in [0.25, 0.3) is 22.4 Å². The highest BCUT2D eigenvalue weighted by atomic mass is 35.5. The first-order chi connectivity index (χ1) is 14.5. The Kier molecular flexibility index (Phi) is 5.41. The summed E-state index contributed by atoms with van der Waals surface area (Å²) in [6.45, 7) is 0. The lowest BCUT2D eigenvalue weighted by molar-refractivity contribution is 0.102. The number of aromatic nitrogens is 2. The third-order valence-electron chi connectivity index (χ3n) is 4.50. The van der Waals surface area contributed by atoms with Crippen molar-refractivity contribution in [1.82, 2.24) is 10.2 Å². The van der Waals surface area contributed by atoms with Crippen LogP contribution in [0.3, 0.4) is 0 Å². The monoisotopic (exact) mass is 419 g/mol. The Bertz CT molecular complexity index is 1270. The number of anilines is 1. The first kappa shape index (κ1) is 19.5. The fourth-order valence-electron chi connectivity index (χ4n) is 3.13. The van der Waals surface area contributed by atoms with Gasteiger partial charge in [0.2, 0.25) is 0 Å². The van der Waals surface area contributed by atoms with Crippen molar-refractivity contribution in [3.05, 3.63) is 106 Å². The number of benzene rings is 3. The molecular formula is C23H15ClFN3O2. The molecule has 5 nitrogen and oxygen atoms in total. The van der Waals surface area contributed by atoms with Crippen LogP contribution in [0.15, 0.2) is 83.7 Å². The van der Waals surface area contributed by atoms with E-state index in [2.05, 4.69) is 15.5 Å². The minimum absolute atomic E-state index is 0.101. The maximum Gasteiger partial charge on any atom is 0.277 e. The lowest BCUT2D eigenvalue weighted by atomic mass is 9.95. The average molecular weight is 420 g/mol. The van der Waals surface area contributed by atoms with Gasteiger partial charge in [0.15, 0.2) is 0 Å². The largest absolute Gasteiger partial charge is 0.322 e. The third kappa shape index (κ3) is 3.86. The van der Waals surface area contributed by atoms with Crippen LogP contribution in [0.2, 0.25) is 5.02 Å². The number of carbonyl (C=O) groups is 1. The summed E-state index contributed by atoms with van der Waals surface area (Å²) in [5.74, 6) is -1.26. The van der Waals surface area contributed by atoms with Gasteiger partial charge in [-0.15, -0.1) is 0 Å². The van der Waals surface area contributed by atoms with Gasteiger partial charge in [0.25, 0.3) is 11.5 Å². The van der Waals surface area contributed by atoms with Gasteiger partial charge in [-0.1, -0.05) is 72.3 Å². The fraction of sp³-hybridized carbons (Fsp3) is 0. The molecule has 4 rings (SSSR count). The Morgan fingerprint density at radius 1 is 0.933 bits per heavy atom. The number of nitrogens with one attached hydrogen (secondary N) is 2. The smallest absolute Gasteiger partial charge is 0.277 e. The van der Waals surface area contributed by atoms with E-state index in [-0.39, 0.29) is 16.3 Å². The molecule has 1 amide bonds. The molecule has 0 atom stereocenters. The van der Waals surface area contributed by atoms with Crippen molar-refractivity contribution < 1.29 is 9.18 Å². The number of hydrogen-bond acceptors (Lipinski definition) is 3. The van der Waals surface area contributed by atoms with E-state index in [1.807, 2.05) is 48.5 Å². The van der Waals surface area contributed by atoms with Crippen molar-refractivity contribution in [3.63, 3.8) is 0 Å². The predicted octanol–water partition coefficient (Wildman–Crippen LogP) is 5.15. The number of aromatic amines is 1. The molecule has 0 aliphatic carbocycles. The molecule has 0 radical (unpaired) electrons. The van der Waals surface area contributed by atoms with Crippen molar-refractivity contribution >= 4 is 23.2 Å². The molecule has 0 aliphatic heterocycles. The molecule has 7 heteroatoms. The Balaban J connectivity index is 1.89. The molecule has 0 bridgehead atoms. The van der Waals surface area contributed by atoms with E-state index in [0.29, 0.717) is 16.8 Å². The molecule has 2 N–H and O–H groups in total. The third-order valence-corrected chi connectivity index (χ3v) is 4.79. The number of amides is 1. The normalized spacial score (nSPS) is 10.6. The summed E-state index contributed by atoms with van der Waals surface area (Å²) >= 11 is 5.80. The number of rotatable bonds is 4. The van der Waals surface area contributed by atoms with Crippen molar-refractivity contribution in [2.24, 2.45) is 0 Å². The van der Waals surface area contributed by atoms with E-state index in [1.54, 1.807) is 12.1 Å². The molecule has 0 spiro atoms. The summed E-state index contributed by atoms with van der Waals surface area (Å²) in [7, 11) is 0. The summed E-state index contributed by atoms with van der Waals surface area (Å²) in [4.78, 5) is 25.8. The van der Waals surface area contributed by atoms with Crippen LogP contribution < -0.4 is 10.9 Å². The maximum absolute atomic E-state index is 13.4. The highest BCUT2D eigenvalue weighted by Crippen LogP contribution is 2.32. The average Bonchev–Trinajstić information content (AvgIpc) is 2.77. The lowest BCUT2D eigenvalue weighted by Crippen LogP contribution is -2.26. The highest BCUT2D eigenvalue weighted by Gasteiger charge is 2.23. The van der Waals surface area contributed by atoms with Crippen LogP contribution in [0, 0.1) is 5.82 Å². The zero-order valence-electron chi connectivity index (χ0n) is 15.5. The SMILES string of the molecule is O=C(Nc1ccc(F)c(Cl)c1)c1c(-c2ccccc2)c(-c2ccccc2)n[nH]c1=O. The number of hydrogen-bond donors (Lipinski definition) is 2. The van der Waals surface area contributed by atoms with Gasteiger partial charge < -0.3 is 5.32 Å². The quantitative estimate of drug-likeness (QED) is 0.480. The lowest BCUT2D eigenvalue weighted by Gasteiger charge is -2.14. The van der Waals surface area contributed by atoms with Gasteiger partial charge in [-0.05, 0) is 23.8 Å². The summed E-state index contributed by atoms with van der Waals surface area (Å²) in [5, 5.41) is 9.11. The molecule has 1 aromatic heterocycles. The van der Waals surface area contributed by atoms with Crippen molar-refractivity contribution in [2.45, 2.75) is 0 Å². The zero-order chi connectivity index (χ0) is 21.1. The van der Waals surface area contributed by atoms with Crippen molar-refractivity contribution in [1.29, 1.82) is 0 Å². The van der Waals surface area contributed by atoms with Crippen LogP contribution in [-0.2, 0) is 0 Å². The minimum atomic E-state index is -0.655. The molecule has 0 aliphatic rings. The topological polar surface area (TPSA) is 74.8 Å². The molecule has 4 aromatic rings. The van der Waals surface area contributed by atoms with E-state index >= 15 is 0 Å². The molecule has 0 fully saturated rings. The Labute approximate surface area is 176 Å². The van der Waals surface area contributed by atoms with Crippen LogP contribution in [0.4, 0.5) is 10.1 Å². The number of halogens is 2. The molecule has 0 saturated heterocycles. The first-order valence-electron chi connectivity index (χ1n) is 9.04. The second-order valence-electron chi connectivity index (χ2n) is 6.47. The van der Waals surface area contributed by atoms with Gasteiger partial charge in [0.05, 0.1) is 10.7 Å². The van der Waals surface area contributed by atoms with Crippen LogP contribution in [-0.4, -0.2) is 16.1 Å². The fourth-order valence-corrected chi connectivity index (χ4v) is 3.31. The van der Waals surface area contributed by atoms with E-state index < -0.39 is 17.3 Å². The zero-order valence-corrected chi connectivity index (χ0v) is 16.3. The standard InChI is InChI=1S/C23H15ClFN3O2/c24-17-13-16(11-12-18(17)25)26-22(29)20-19(14-7-3-1-4-8-14)21(27-28-23(20)30)15-9-5-2-6-10-15/h1-13H,(H,26,29)(H,28,30). The van der Waals surface area contributed by atoms with Crippen LogP contribution in [0.5, 0.6) is 0 Å². The molecular weight excluding hydrogens is 405 g/mol. The summed E-state index contributed by atoms with van der Waals surface area (Å²) in [6.07, 6.45) is 0. The summed E-state index contributed by atoms with van der Waals surface area (Å²) in [5.41, 5.74) is 1.79. The van der Waals surface area contributed by atoms with E-state index in [4.69, 9.17) is 11.6 Å². The highest BCUT2D eigenvalue weighted by molar-refractivity contribution is 6.31. The second-order valence-corrected chi connectivity index (χ2v) is 6.87. The van der Waals surface area contributed by atoms with Gasteiger partial charge in [0, 0.05) is 16.8 Å². The van der Waals surface area contributed by atoms with Gasteiger partial charge in [0.1, 0.15) is 11.4 Å². The molecule has 0 unspecified atom stereocenters. The maximum atomic E-state index is 13.4. The van der Waals surface area contributed by atoms with Crippen molar-refractivity contribution in [3.8, 4) is 22.4 Å². The van der Waals surface area contributed by atoms with Crippen molar-refractivity contribution in [2.75, 3.05) is 5.32 Å². The van der Waals surface area contributed by atoms with E-state index in [0.717, 1.165) is 11.6 Å². The van der Waals surface area contributed by atoms with Gasteiger partial charge in [-0.3, -0.25) is 9.59 Å². The number of H-pyrrole nitrogens is 1. The second kappa shape index (κ2) is 8.31. The minimum Gasteiger partial charge on any atom is -0.322 e. The number of carbonyl (C=O) groups excluding carboxylic acids is 1. The number of nitrogens with zero attached hydrogens (tertiary/aromatic N) is 1. The molecule has 1 heterocycles. The first-order valence-corrected chi connectivity index (χ1v) is 9.42. The van der Waals surface area contributed by atoms with Crippen LogP contribution in [0.1, 0.15) is 10.4 Å². The van der Waals surface area contributed by atoms with Gasteiger partial charge >= 0.3 is 0 Å². The molecule has 148 valence electrons. The Morgan fingerprint density at radius 3 is 2.20 bits per heavy atom. The summed E-state index contributed by atoms with van der Waals surface area (Å²) in [6, 6.07) is 22.1. The molecule has 0 saturated carbocycles. The molecule has 30 heavy (non-hydrogen) atoms. The van der Waals surface area contributed by atoms with E-state index in [1.165, 1.54) is 12.1 Å². The van der Waals surface area contributed by atoms with E-state index in [9.17, 15) is 14.0 Å². The van der Waals surface area contributed by atoms with Gasteiger partial charge in [-0.25, -0.2) is 9.49 Å². The molecule has 3 aromatic carbocycles. The summed E-state index contributed by atoms with van der Waals surface area (Å²) < 4.78 is 13.4.